The van der Waals surface area contributed by atoms with Crippen LogP contribution in [0.5, 0.6) is 0 Å². The molecular weight excluding hydrogens is 321 g/mol. The number of carbonyl (C=O) groups excluding carboxylic acids is 1. The van der Waals surface area contributed by atoms with Gasteiger partial charge in [0.05, 0.1) is 23.2 Å². The first-order chi connectivity index (χ1) is 12.1. The SMILES string of the molecule is CO[C@H]1CC[C@@]2(OC)CCN(C(=O)C3(c4ccccc4F)CC3)[C@H]2C1. The van der Waals surface area contributed by atoms with Crippen LogP contribution in [0.3, 0.4) is 0 Å². The van der Waals surface area contributed by atoms with Crippen LogP contribution >= 0.6 is 0 Å². The number of halogens is 1. The van der Waals surface area contributed by atoms with Crippen molar-refractivity contribution in [1.82, 2.24) is 4.90 Å². The Bertz CT molecular complexity index is 675. The van der Waals surface area contributed by atoms with Crippen molar-refractivity contribution in [2.45, 2.75) is 61.7 Å². The number of carbonyl (C=O) groups is 1. The molecule has 4 rings (SSSR count). The van der Waals surface area contributed by atoms with E-state index < -0.39 is 5.41 Å². The average Bonchev–Trinajstić information content (AvgIpc) is 3.36. The zero-order chi connectivity index (χ0) is 17.7. The third-order valence-electron chi connectivity index (χ3n) is 6.68. The van der Waals surface area contributed by atoms with E-state index in [9.17, 15) is 9.18 Å². The van der Waals surface area contributed by atoms with Crippen LogP contribution in [-0.4, -0.2) is 49.3 Å². The van der Waals surface area contributed by atoms with Gasteiger partial charge in [-0.05, 0) is 44.6 Å². The minimum Gasteiger partial charge on any atom is -0.381 e. The van der Waals surface area contributed by atoms with Gasteiger partial charge in [-0.2, -0.15) is 0 Å². The van der Waals surface area contributed by atoms with E-state index >= 15 is 0 Å². The van der Waals surface area contributed by atoms with Gasteiger partial charge in [-0.3, -0.25) is 4.79 Å². The molecule has 5 heteroatoms. The Morgan fingerprint density at radius 2 is 1.96 bits per heavy atom. The Morgan fingerprint density at radius 1 is 1.20 bits per heavy atom. The van der Waals surface area contributed by atoms with Gasteiger partial charge in [0.1, 0.15) is 5.82 Å². The minimum absolute atomic E-state index is 0.0212. The van der Waals surface area contributed by atoms with E-state index in [4.69, 9.17) is 9.47 Å². The summed E-state index contributed by atoms with van der Waals surface area (Å²) in [6, 6.07) is 6.73. The maximum Gasteiger partial charge on any atom is 0.233 e. The summed E-state index contributed by atoms with van der Waals surface area (Å²) < 4.78 is 25.8. The highest BCUT2D eigenvalue weighted by atomic mass is 19.1. The van der Waals surface area contributed by atoms with Gasteiger partial charge in [0.2, 0.25) is 5.91 Å². The molecule has 1 amide bonds. The van der Waals surface area contributed by atoms with E-state index in [2.05, 4.69) is 0 Å². The van der Waals surface area contributed by atoms with Crippen molar-refractivity contribution in [3.05, 3.63) is 35.6 Å². The van der Waals surface area contributed by atoms with E-state index in [0.29, 0.717) is 12.1 Å². The second kappa shape index (κ2) is 6.06. The van der Waals surface area contributed by atoms with Crippen LogP contribution in [0.1, 0.15) is 44.1 Å². The summed E-state index contributed by atoms with van der Waals surface area (Å²) in [4.78, 5) is 15.4. The number of benzene rings is 1. The first kappa shape index (κ1) is 17.0. The summed E-state index contributed by atoms with van der Waals surface area (Å²) in [5.41, 5.74) is -0.389. The highest BCUT2D eigenvalue weighted by molar-refractivity contribution is 5.92. The van der Waals surface area contributed by atoms with Gasteiger partial charge in [-0.25, -0.2) is 4.39 Å². The zero-order valence-corrected chi connectivity index (χ0v) is 15.0. The smallest absolute Gasteiger partial charge is 0.233 e. The minimum atomic E-state index is -0.671. The van der Waals surface area contributed by atoms with E-state index in [1.54, 1.807) is 26.4 Å². The summed E-state index contributed by atoms with van der Waals surface area (Å²) in [7, 11) is 3.48. The topological polar surface area (TPSA) is 38.8 Å². The highest BCUT2D eigenvalue weighted by Gasteiger charge is 2.60. The van der Waals surface area contributed by atoms with Crippen LogP contribution in [0, 0.1) is 5.82 Å². The van der Waals surface area contributed by atoms with Crippen LogP contribution < -0.4 is 0 Å². The van der Waals surface area contributed by atoms with E-state index in [1.807, 2.05) is 11.0 Å². The molecule has 2 saturated carbocycles. The first-order valence-electron chi connectivity index (χ1n) is 9.20. The molecule has 3 atom stereocenters. The molecule has 136 valence electrons. The Hall–Kier alpha value is -1.46. The molecule has 1 aromatic carbocycles. The fourth-order valence-corrected chi connectivity index (χ4v) is 4.97. The monoisotopic (exact) mass is 347 g/mol. The molecule has 4 nitrogen and oxygen atoms in total. The number of nitrogens with zero attached hydrogens (tertiary/aromatic N) is 1. The summed E-state index contributed by atoms with van der Waals surface area (Å²) in [6.07, 6.45) is 5.12. The summed E-state index contributed by atoms with van der Waals surface area (Å²) in [5.74, 6) is -0.206. The van der Waals surface area contributed by atoms with Gasteiger partial charge < -0.3 is 14.4 Å². The molecule has 1 aromatic rings. The predicted molar refractivity (Wildman–Crippen MR) is 91.8 cm³/mol. The molecule has 2 aliphatic carbocycles. The van der Waals surface area contributed by atoms with E-state index in [1.165, 1.54) is 6.07 Å². The lowest BCUT2D eigenvalue weighted by Gasteiger charge is -2.43. The Kier molecular flexibility index (Phi) is 4.12. The maximum absolute atomic E-state index is 14.3. The number of methoxy groups -OCH3 is 2. The van der Waals surface area contributed by atoms with Crippen molar-refractivity contribution in [3.63, 3.8) is 0 Å². The number of ether oxygens (including phenoxy) is 2. The molecule has 0 aromatic heterocycles. The van der Waals surface area contributed by atoms with Crippen LogP contribution in [0.2, 0.25) is 0 Å². The van der Waals surface area contributed by atoms with E-state index in [0.717, 1.165) is 38.5 Å². The molecule has 1 saturated heterocycles. The van der Waals surface area contributed by atoms with E-state index in [-0.39, 0.29) is 29.5 Å². The summed E-state index contributed by atoms with van der Waals surface area (Å²) in [5, 5.41) is 0. The summed E-state index contributed by atoms with van der Waals surface area (Å²) >= 11 is 0. The number of fused-ring (bicyclic) bond motifs is 1. The maximum atomic E-state index is 14.3. The number of hydrogen-bond acceptors (Lipinski definition) is 3. The predicted octanol–water partition coefficient (Wildman–Crippen LogP) is 3.04. The van der Waals surface area contributed by atoms with Crippen molar-refractivity contribution in [3.8, 4) is 0 Å². The second-order valence-electron chi connectivity index (χ2n) is 7.73. The third kappa shape index (κ3) is 2.51. The fourth-order valence-electron chi connectivity index (χ4n) is 4.97. The van der Waals surface area contributed by atoms with Crippen LogP contribution in [0.25, 0.3) is 0 Å². The molecule has 0 unspecified atom stereocenters. The average molecular weight is 347 g/mol. The van der Waals surface area contributed by atoms with Crippen LogP contribution in [0.4, 0.5) is 4.39 Å². The van der Waals surface area contributed by atoms with Crippen molar-refractivity contribution in [1.29, 1.82) is 0 Å². The Morgan fingerprint density at radius 3 is 2.60 bits per heavy atom. The number of hydrogen-bond donors (Lipinski definition) is 0. The Balaban J connectivity index is 1.63. The van der Waals surface area contributed by atoms with Crippen molar-refractivity contribution in [2.75, 3.05) is 20.8 Å². The first-order valence-corrected chi connectivity index (χ1v) is 9.20. The quantitative estimate of drug-likeness (QED) is 0.840. The third-order valence-corrected chi connectivity index (χ3v) is 6.68. The Labute approximate surface area is 148 Å². The normalized spacial score (nSPS) is 33.2. The summed E-state index contributed by atoms with van der Waals surface area (Å²) in [6.45, 7) is 0.685. The standard InChI is InChI=1S/C20H26FNO3/c1-24-14-7-8-20(25-2)11-12-22(17(20)13-14)18(23)19(9-10-19)15-5-3-4-6-16(15)21/h3-6,14,17H,7-13H2,1-2H3/t14-,17-,20+/m0/s1. The van der Waals surface area contributed by atoms with Gasteiger partial charge in [0.15, 0.2) is 0 Å². The molecule has 0 spiro atoms. The lowest BCUT2D eigenvalue weighted by atomic mass is 9.78. The number of likely N-dealkylation sites (tertiary alicyclic amines) is 1. The van der Waals surface area contributed by atoms with Crippen molar-refractivity contribution >= 4 is 5.91 Å². The van der Waals surface area contributed by atoms with Crippen LogP contribution in [-0.2, 0) is 19.7 Å². The fraction of sp³-hybridized carbons (Fsp3) is 0.650. The molecule has 0 bridgehead atoms. The molecule has 0 N–H and O–H groups in total. The molecule has 1 heterocycles. The molecule has 25 heavy (non-hydrogen) atoms. The lowest BCUT2D eigenvalue weighted by Crippen LogP contribution is -2.54. The molecule has 1 aliphatic heterocycles. The zero-order valence-electron chi connectivity index (χ0n) is 15.0. The number of rotatable bonds is 4. The number of amides is 1. The molecule has 3 aliphatic rings. The largest absolute Gasteiger partial charge is 0.381 e. The van der Waals surface area contributed by atoms with Gasteiger partial charge in [-0.1, -0.05) is 18.2 Å². The highest BCUT2D eigenvalue weighted by Crippen LogP contribution is 2.53. The van der Waals surface area contributed by atoms with Crippen molar-refractivity contribution < 1.29 is 18.7 Å². The second-order valence-corrected chi connectivity index (χ2v) is 7.73. The lowest BCUT2D eigenvalue weighted by molar-refractivity contribution is -0.143. The molecule has 0 radical (unpaired) electrons. The molecule has 3 fully saturated rings. The van der Waals surface area contributed by atoms with Crippen molar-refractivity contribution in [2.24, 2.45) is 0 Å². The molecular formula is C20H26FNO3. The van der Waals surface area contributed by atoms with Gasteiger partial charge in [-0.15, -0.1) is 0 Å². The van der Waals surface area contributed by atoms with Gasteiger partial charge in [0, 0.05) is 26.3 Å². The van der Waals surface area contributed by atoms with Crippen LogP contribution in [0.15, 0.2) is 24.3 Å². The van der Waals surface area contributed by atoms with Gasteiger partial charge >= 0.3 is 0 Å². The van der Waals surface area contributed by atoms with Gasteiger partial charge in [0.25, 0.3) is 0 Å².